The maximum absolute atomic E-state index is 11.8. The van der Waals surface area contributed by atoms with Crippen LogP contribution in [0.5, 0.6) is 0 Å². The predicted molar refractivity (Wildman–Crippen MR) is 76.6 cm³/mol. The number of hydrogen-bond donors (Lipinski definition) is 2. The van der Waals surface area contributed by atoms with Crippen molar-refractivity contribution in [1.82, 2.24) is 5.32 Å². The highest BCUT2D eigenvalue weighted by Crippen LogP contribution is 2.28. The average molecular weight is 275 g/mol. The highest BCUT2D eigenvalue weighted by Gasteiger charge is 2.30. The van der Waals surface area contributed by atoms with Crippen molar-refractivity contribution in [3.05, 3.63) is 34.9 Å². The van der Waals surface area contributed by atoms with Gasteiger partial charge in [0.05, 0.1) is 17.2 Å². The van der Waals surface area contributed by atoms with E-state index in [9.17, 15) is 14.7 Å². The molecule has 1 aliphatic heterocycles. The molecule has 1 aromatic carbocycles. The van der Waals surface area contributed by atoms with Gasteiger partial charge in [-0.3, -0.25) is 14.9 Å². The van der Waals surface area contributed by atoms with Crippen LogP contribution in [0.4, 0.5) is 0 Å². The number of carbonyl (C=O) groups excluding carboxylic acids is 2. The minimum atomic E-state index is -0.678. The zero-order valence-corrected chi connectivity index (χ0v) is 11.8. The second-order valence-electron chi connectivity index (χ2n) is 5.27. The van der Waals surface area contributed by atoms with Crippen molar-refractivity contribution in [2.24, 2.45) is 0 Å². The monoisotopic (exact) mass is 275 g/mol. The van der Waals surface area contributed by atoms with Crippen molar-refractivity contribution in [1.29, 1.82) is 0 Å². The van der Waals surface area contributed by atoms with E-state index in [-0.39, 0.29) is 5.91 Å². The molecule has 0 spiro atoms. The van der Waals surface area contributed by atoms with Crippen molar-refractivity contribution in [2.45, 2.75) is 51.6 Å². The van der Waals surface area contributed by atoms with Crippen LogP contribution in [0, 0.1) is 0 Å². The van der Waals surface area contributed by atoms with Gasteiger partial charge in [0, 0.05) is 0 Å². The molecule has 0 saturated heterocycles. The van der Waals surface area contributed by atoms with Gasteiger partial charge >= 0.3 is 0 Å². The summed E-state index contributed by atoms with van der Waals surface area (Å²) in [5.74, 6) is -0.771. The SMILES string of the molecule is CCCCCCCC(O)c1cccc2c1C(=O)NC2=O. The smallest absolute Gasteiger partial charge is 0.259 e. The van der Waals surface area contributed by atoms with Gasteiger partial charge in [0.15, 0.2) is 0 Å². The zero-order chi connectivity index (χ0) is 14.5. The third-order valence-corrected chi connectivity index (χ3v) is 3.74. The molecule has 0 aliphatic carbocycles. The van der Waals surface area contributed by atoms with Gasteiger partial charge in [-0.1, -0.05) is 51.2 Å². The molecule has 1 aliphatic rings. The molecule has 0 aromatic heterocycles. The number of carbonyl (C=O) groups is 2. The summed E-state index contributed by atoms with van der Waals surface area (Å²) in [7, 11) is 0. The molecular formula is C16H21NO3. The van der Waals surface area contributed by atoms with Crippen LogP contribution in [0.1, 0.15) is 77.8 Å². The van der Waals surface area contributed by atoms with E-state index in [0.717, 1.165) is 12.8 Å². The molecule has 4 heteroatoms. The topological polar surface area (TPSA) is 66.4 Å². The lowest BCUT2D eigenvalue weighted by molar-refractivity contribution is 0.0876. The summed E-state index contributed by atoms with van der Waals surface area (Å²) in [6.45, 7) is 2.16. The molecule has 0 saturated carbocycles. The Hall–Kier alpha value is -1.68. The minimum absolute atomic E-state index is 0.346. The van der Waals surface area contributed by atoms with Gasteiger partial charge in [-0.05, 0) is 18.1 Å². The second-order valence-corrected chi connectivity index (χ2v) is 5.27. The second kappa shape index (κ2) is 6.66. The fourth-order valence-corrected chi connectivity index (χ4v) is 2.62. The molecule has 0 bridgehead atoms. The average Bonchev–Trinajstić information content (AvgIpc) is 2.74. The summed E-state index contributed by atoms with van der Waals surface area (Å²) in [5.41, 5.74) is 1.29. The van der Waals surface area contributed by atoms with Crippen LogP contribution in [0.15, 0.2) is 18.2 Å². The van der Waals surface area contributed by atoms with Crippen LogP contribution in [0.3, 0.4) is 0 Å². The lowest BCUT2D eigenvalue weighted by Crippen LogP contribution is -2.20. The van der Waals surface area contributed by atoms with Gasteiger partial charge in [0.25, 0.3) is 11.8 Å². The predicted octanol–water partition coefficient (Wildman–Crippen LogP) is 2.96. The molecule has 2 N–H and O–H groups in total. The molecule has 1 unspecified atom stereocenters. The van der Waals surface area contributed by atoms with E-state index in [4.69, 9.17) is 0 Å². The van der Waals surface area contributed by atoms with Gasteiger partial charge in [0.2, 0.25) is 0 Å². The van der Waals surface area contributed by atoms with Crippen LogP contribution < -0.4 is 5.32 Å². The molecule has 0 radical (unpaired) electrons. The molecule has 20 heavy (non-hydrogen) atoms. The Balaban J connectivity index is 2.02. The van der Waals surface area contributed by atoms with Crippen molar-refractivity contribution in [3.8, 4) is 0 Å². The first kappa shape index (κ1) is 14.7. The first-order valence-corrected chi connectivity index (χ1v) is 7.31. The molecule has 108 valence electrons. The van der Waals surface area contributed by atoms with Gasteiger partial charge in [0.1, 0.15) is 0 Å². The van der Waals surface area contributed by atoms with E-state index in [0.29, 0.717) is 23.1 Å². The lowest BCUT2D eigenvalue weighted by atomic mass is 9.95. The van der Waals surface area contributed by atoms with Gasteiger partial charge in [-0.25, -0.2) is 0 Å². The normalized spacial score (nSPS) is 15.1. The number of aliphatic hydroxyl groups is 1. The highest BCUT2D eigenvalue weighted by atomic mass is 16.3. The summed E-state index contributed by atoms with van der Waals surface area (Å²) in [4.78, 5) is 23.3. The van der Waals surface area contributed by atoms with Crippen molar-refractivity contribution in [3.63, 3.8) is 0 Å². The van der Waals surface area contributed by atoms with E-state index in [1.54, 1.807) is 18.2 Å². The lowest BCUT2D eigenvalue weighted by Gasteiger charge is -2.13. The molecule has 1 aromatic rings. The third kappa shape index (κ3) is 3.07. The van der Waals surface area contributed by atoms with E-state index in [1.807, 2.05) is 0 Å². The van der Waals surface area contributed by atoms with E-state index in [1.165, 1.54) is 19.3 Å². The molecule has 4 nitrogen and oxygen atoms in total. The van der Waals surface area contributed by atoms with Crippen LogP contribution in [0.25, 0.3) is 0 Å². The number of benzene rings is 1. The third-order valence-electron chi connectivity index (χ3n) is 3.74. The molecule has 2 rings (SSSR count). The Labute approximate surface area is 119 Å². The number of hydrogen-bond acceptors (Lipinski definition) is 3. The van der Waals surface area contributed by atoms with Crippen molar-refractivity contribution < 1.29 is 14.7 Å². The first-order chi connectivity index (χ1) is 9.65. The Morgan fingerprint density at radius 2 is 1.85 bits per heavy atom. The molecule has 2 amide bonds. The highest BCUT2D eigenvalue weighted by molar-refractivity contribution is 6.22. The summed E-state index contributed by atoms with van der Waals surface area (Å²) in [6.07, 6.45) is 5.55. The number of aliphatic hydroxyl groups excluding tert-OH is 1. The van der Waals surface area contributed by atoms with Crippen LogP contribution in [0.2, 0.25) is 0 Å². The van der Waals surface area contributed by atoms with Gasteiger partial charge in [-0.2, -0.15) is 0 Å². The van der Waals surface area contributed by atoms with Gasteiger partial charge < -0.3 is 5.11 Å². The summed E-state index contributed by atoms with van der Waals surface area (Å²) in [6, 6.07) is 5.06. The maximum atomic E-state index is 11.8. The molecule has 1 heterocycles. The van der Waals surface area contributed by atoms with Crippen LogP contribution in [-0.2, 0) is 0 Å². The number of imide groups is 1. The molecule has 1 atom stereocenters. The Bertz CT molecular complexity index is 510. The van der Waals surface area contributed by atoms with Gasteiger partial charge in [-0.15, -0.1) is 0 Å². The minimum Gasteiger partial charge on any atom is -0.388 e. The van der Waals surface area contributed by atoms with Crippen molar-refractivity contribution in [2.75, 3.05) is 0 Å². The molecule has 0 fully saturated rings. The number of rotatable bonds is 7. The fraction of sp³-hybridized carbons (Fsp3) is 0.500. The summed E-state index contributed by atoms with van der Waals surface area (Å²) < 4.78 is 0. The number of fused-ring (bicyclic) bond motifs is 1. The maximum Gasteiger partial charge on any atom is 0.259 e. The Morgan fingerprint density at radius 3 is 2.60 bits per heavy atom. The largest absolute Gasteiger partial charge is 0.388 e. The zero-order valence-electron chi connectivity index (χ0n) is 11.8. The van der Waals surface area contributed by atoms with Crippen LogP contribution >= 0.6 is 0 Å². The number of amides is 2. The first-order valence-electron chi connectivity index (χ1n) is 7.31. The Kier molecular flexibility index (Phi) is 4.90. The molecular weight excluding hydrogens is 254 g/mol. The number of unbranched alkanes of at least 4 members (excludes halogenated alkanes) is 4. The number of nitrogens with one attached hydrogen (secondary N) is 1. The van der Waals surface area contributed by atoms with E-state index in [2.05, 4.69) is 12.2 Å². The van der Waals surface area contributed by atoms with Crippen molar-refractivity contribution >= 4 is 11.8 Å². The standard InChI is InChI=1S/C16H21NO3/c1-2-3-4-5-6-10-13(18)11-8-7-9-12-14(11)16(20)17-15(12)19/h7-9,13,18H,2-6,10H2,1H3,(H,17,19,20). The van der Waals surface area contributed by atoms with E-state index < -0.39 is 12.0 Å². The fourth-order valence-electron chi connectivity index (χ4n) is 2.62. The summed E-state index contributed by atoms with van der Waals surface area (Å²) in [5, 5.41) is 12.5. The Morgan fingerprint density at radius 1 is 1.10 bits per heavy atom. The quantitative estimate of drug-likeness (QED) is 0.594. The summed E-state index contributed by atoms with van der Waals surface area (Å²) >= 11 is 0. The van der Waals surface area contributed by atoms with Crippen LogP contribution in [-0.4, -0.2) is 16.9 Å². The van der Waals surface area contributed by atoms with E-state index >= 15 is 0 Å².